The molecule has 0 aromatic carbocycles. The second-order valence-corrected chi connectivity index (χ2v) is 8.79. The van der Waals surface area contributed by atoms with Crippen molar-refractivity contribution < 1.29 is 13.2 Å². The van der Waals surface area contributed by atoms with Crippen molar-refractivity contribution in [1.82, 2.24) is 24.7 Å². The van der Waals surface area contributed by atoms with Crippen molar-refractivity contribution >= 4 is 16.1 Å². The number of sulfonamides is 1. The summed E-state index contributed by atoms with van der Waals surface area (Å²) in [6.45, 7) is 7.10. The van der Waals surface area contributed by atoms with Crippen molar-refractivity contribution in [2.45, 2.75) is 32.7 Å². The summed E-state index contributed by atoms with van der Waals surface area (Å²) in [6.07, 6.45) is 1.13. The number of hydrogen-bond donors (Lipinski definition) is 2. The van der Waals surface area contributed by atoms with E-state index in [-0.39, 0.29) is 24.5 Å². The van der Waals surface area contributed by atoms with E-state index in [9.17, 15) is 13.2 Å². The number of rotatable bonds is 6. The van der Waals surface area contributed by atoms with Crippen molar-refractivity contribution in [2.24, 2.45) is 0 Å². The maximum atomic E-state index is 12.0. The van der Waals surface area contributed by atoms with Gasteiger partial charge in [0.2, 0.25) is 10.0 Å². The van der Waals surface area contributed by atoms with E-state index in [0.29, 0.717) is 6.54 Å². The molecule has 1 heterocycles. The molecule has 0 saturated carbocycles. The Hall–Kier alpha value is -1.61. The van der Waals surface area contributed by atoms with Crippen LogP contribution in [0.25, 0.3) is 0 Å². The Balaban J connectivity index is 2.47. The fourth-order valence-corrected chi connectivity index (χ4v) is 2.20. The van der Waals surface area contributed by atoms with Gasteiger partial charge in [0, 0.05) is 32.6 Å². The van der Waals surface area contributed by atoms with Gasteiger partial charge in [-0.2, -0.15) is 5.10 Å². The average Bonchev–Trinajstić information content (AvgIpc) is 2.85. The first-order valence-electron chi connectivity index (χ1n) is 7.36. The fourth-order valence-electron chi connectivity index (χ4n) is 1.78. The summed E-state index contributed by atoms with van der Waals surface area (Å²) >= 11 is 0. The van der Waals surface area contributed by atoms with E-state index >= 15 is 0 Å². The Morgan fingerprint density at radius 2 is 1.96 bits per heavy atom. The lowest BCUT2D eigenvalue weighted by Crippen LogP contribution is -2.41. The number of carbonyl (C=O) groups excluding carboxylic acids is 1. The molecule has 0 saturated heterocycles. The van der Waals surface area contributed by atoms with Crippen LogP contribution >= 0.6 is 0 Å². The van der Waals surface area contributed by atoms with Crippen LogP contribution in [0.15, 0.2) is 6.07 Å². The normalized spacial score (nSPS) is 12.5. The van der Waals surface area contributed by atoms with Gasteiger partial charge in [0.05, 0.1) is 24.2 Å². The summed E-state index contributed by atoms with van der Waals surface area (Å²) in [6, 6.07) is 1.68. The molecule has 0 aliphatic rings. The molecule has 2 N–H and O–H groups in total. The molecule has 0 aliphatic carbocycles. The summed E-state index contributed by atoms with van der Waals surface area (Å²) in [5, 5.41) is 9.88. The average molecular weight is 345 g/mol. The smallest absolute Gasteiger partial charge is 0.317 e. The molecular weight excluding hydrogens is 318 g/mol. The number of aromatic amines is 1. The van der Waals surface area contributed by atoms with Crippen molar-refractivity contribution in [3.63, 3.8) is 0 Å². The number of amides is 2. The van der Waals surface area contributed by atoms with Crippen molar-refractivity contribution in [2.75, 3.05) is 33.4 Å². The first kappa shape index (κ1) is 19.4. The lowest BCUT2D eigenvalue weighted by molar-refractivity contribution is 0.206. The lowest BCUT2D eigenvalue weighted by Gasteiger charge is -2.19. The van der Waals surface area contributed by atoms with Crippen LogP contribution in [0.3, 0.4) is 0 Å². The molecule has 2 amide bonds. The number of carbonyl (C=O) groups is 1. The number of urea groups is 1. The number of H-pyrrole nitrogens is 1. The molecule has 132 valence electrons. The van der Waals surface area contributed by atoms with Gasteiger partial charge in [-0.3, -0.25) is 5.10 Å². The van der Waals surface area contributed by atoms with Crippen molar-refractivity contribution in [3.8, 4) is 0 Å². The highest BCUT2D eigenvalue weighted by molar-refractivity contribution is 7.88. The highest BCUT2D eigenvalue weighted by Crippen LogP contribution is 2.20. The number of nitrogens with one attached hydrogen (secondary N) is 2. The minimum absolute atomic E-state index is 0.0498. The van der Waals surface area contributed by atoms with Gasteiger partial charge in [-0.25, -0.2) is 17.5 Å². The van der Waals surface area contributed by atoms with E-state index in [0.717, 1.165) is 17.6 Å². The minimum atomic E-state index is -3.23. The predicted octanol–water partition coefficient (Wildman–Crippen LogP) is 0.740. The third-order valence-corrected chi connectivity index (χ3v) is 4.74. The van der Waals surface area contributed by atoms with E-state index in [1.807, 2.05) is 6.07 Å². The molecule has 0 atom stereocenters. The molecule has 0 fully saturated rings. The Bertz CT molecular complexity index is 633. The second-order valence-electron chi connectivity index (χ2n) is 6.70. The second kappa shape index (κ2) is 7.31. The molecule has 1 rings (SSSR count). The molecule has 0 spiro atoms. The minimum Gasteiger partial charge on any atom is -0.337 e. The van der Waals surface area contributed by atoms with Gasteiger partial charge in [-0.1, -0.05) is 20.8 Å². The number of aromatic nitrogens is 2. The number of hydrogen-bond acceptors (Lipinski definition) is 4. The van der Waals surface area contributed by atoms with E-state index < -0.39 is 10.0 Å². The van der Waals surface area contributed by atoms with E-state index in [2.05, 4.69) is 36.3 Å². The van der Waals surface area contributed by atoms with Crippen LogP contribution in [0.2, 0.25) is 0 Å². The topological polar surface area (TPSA) is 98.4 Å². The van der Waals surface area contributed by atoms with Crippen LogP contribution in [0.1, 0.15) is 32.2 Å². The van der Waals surface area contributed by atoms with Crippen LogP contribution < -0.4 is 5.32 Å². The molecule has 1 aromatic heterocycles. The first-order valence-corrected chi connectivity index (χ1v) is 9.21. The van der Waals surface area contributed by atoms with Crippen LogP contribution in [-0.2, 0) is 22.0 Å². The quantitative estimate of drug-likeness (QED) is 0.794. The van der Waals surface area contributed by atoms with Crippen molar-refractivity contribution in [3.05, 3.63) is 17.5 Å². The SMILES string of the molecule is CN(Cc1cc(C(C)(C)C)n[nH]1)C(=O)NCCN(C)S(C)(=O)=O. The largest absolute Gasteiger partial charge is 0.337 e. The van der Waals surface area contributed by atoms with Crippen LogP contribution in [-0.4, -0.2) is 67.3 Å². The molecule has 1 aromatic rings. The Labute approximate surface area is 138 Å². The third kappa shape index (κ3) is 6.19. The van der Waals surface area contributed by atoms with E-state index in [1.165, 1.54) is 16.3 Å². The molecule has 0 radical (unpaired) electrons. The zero-order valence-electron chi connectivity index (χ0n) is 14.7. The highest BCUT2D eigenvalue weighted by atomic mass is 32.2. The van der Waals surface area contributed by atoms with Crippen LogP contribution in [0, 0.1) is 0 Å². The van der Waals surface area contributed by atoms with Gasteiger partial charge in [-0.05, 0) is 6.07 Å². The lowest BCUT2D eigenvalue weighted by atomic mass is 9.92. The van der Waals surface area contributed by atoms with Gasteiger partial charge in [0.1, 0.15) is 0 Å². The standard InChI is InChI=1S/C14H27N5O3S/c1-14(2,3)12-9-11(16-17-12)10-18(4)13(20)15-7-8-19(5)23(6,21)22/h9H,7-8,10H2,1-6H3,(H,15,20)(H,16,17). The monoisotopic (exact) mass is 345 g/mol. The first-order chi connectivity index (χ1) is 10.4. The Morgan fingerprint density at radius 3 is 2.43 bits per heavy atom. The molecule has 23 heavy (non-hydrogen) atoms. The summed E-state index contributed by atoms with van der Waals surface area (Å²) in [7, 11) is -0.0758. The van der Waals surface area contributed by atoms with Gasteiger partial charge in [0.15, 0.2) is 0 Å². The van der Waals surface area contributed by atoms with Gasteiger partial charge >= 0.3 is 6.03 Å². The highest BCUT2D eigenvalue weighted by Gasteiger charge is 2.18. The van der Waals surface area contributed by atoms with E-state index in [4.69, 9.17) is 0 Å². The predicted molar refractivity (Wildman–Crippen MR) is 89.6 cm³/mol. The molecule has 0 bridgehead atoms. The summed E-state index contributed by atoms with van der Waals surface area (Å²) in [5.74, 6) is 0. The fraction of sp³-hybridized carbons (Fsp3) is 0.714. The zero-order chi connectivity index (χ0) is 17.8. The Kier molecular flexibility index (Phi) is 6.18. The molecule has 0 unspecified atom stereocenters. The van der Waals surface area contributed by atoms with Gasteiger partial charge in [-0.15, -0.1) is 0 Å². The summed E-state index contributed by atoms with van der Waals surface area (Å²) in [4.78, 5) is 13.5. The zero-order valence-corrected chi connectivity index (χ0v) is 15.5. The maximum absolute atomic E-state index is 12.0. The van der Waals surface area contributed by atoms with E-state index in [1.54, 1.807) is 7.05 Å². The molecular formula is C14H27N5O3S. The number of likely N-dealkylation sites (N-methyl/N-ethyl adjacent to an activating group) is 1. The summed E-state index contributed by atoms with van der Waals surface area (Å²) < 4.78 is 23.7. The van der Waals surface area contributed by atoms with Gasteiger partial charge in [0.25, 0.3) is 0 Å². The maximum Gasteiger partial charge on any atom is 0.317 e. The number of nitrogens with zero attached hydrogens (tertiary/aromatic N) is 3. The van der Waals surface area contributed by atoms with Gasteiger partial charge < -0.3 is 10.2 Å². The summed E-state index contributed by atoms with van der Waals surface area (Å²) in [5.41, 5.74) is 1.74. The molecule has 0 aliphatic heterocycles. The van der Waals surface area contributed by atoms with Crippen molar-refractivity contribution in [1.29, 1.82) is 0 Å². The van der Waals surface area contributed by atoms with Crippen LogP contribution in [0.4, 0.5) is 4.79 Å². The molecule has 8 nitrogen and oxygen atoms in total. The van der Waals surface area contributed by atoms with Crippen LogP contribution in [0.5, 0.6) is 0 Å². The third-order valence-electron chi connectivity index (χ3n) is 3.42. The Morgan fingerprint density at radius 1 is 1.35 bits per heavy atom. The molecule has 9 heteroatoms.